The van der Waals surface area contributed by atoms with Gasteiger partial charge < -0.3 is 4.74 Å². The number of nitrogens with zero attached hydrogens (tertiary/aromatic N) is 3. The van der Waals surface area contributed by atoms with Crippen LogP contribution >= 0.6 is 15.9 Å². The molecule has 0 unspecified atom stereocenters. The molecule has 0 atom stereocenters. The average molecular weight is 332 g/mol. The summed E-state index contributed by atoms with van der Waals surface area (Å²) in [6.45, 7) is 4.67. The van der Waals surface area contributed by atoms with Crippen LogP contribution in [0.2, 0.25) is 0 Å². The molecule has 2 aromatic carbocycles. The largest absolute Gasteiger partial charge is 0.494 e. The molecule has 1 heterocycles. The zero-order valence-corrected chi connectivity index (χ0v) is 12.9. The van der Waals surface area contributed by atoms with Gasteiger partial charge in [0.05, 0.1) is 12.3 Å². The van der Waals surface area contributed by atoms with E-state index in [1.807, 2.05) is 50.2 Å². The summed E-state index contributed by atoms with van der Waals surface area (Å²) >= 11 is 3.52. The van der Waals surface area contributed by atoms with E-state index in [2.05, 4.69) is 26.1 Å². The van der Waals surface area contributed by atoms with Gasteiger partial charge in [-0.1, -0.05) is 15.9 Å². The Labute approximate surface area is 125 Å². The fourth-order valence-electron chi connectivity index (χ4n) is 2.00. The van der Waals surface area contributed by atoms with E-state index >= 15 is 0 Å². The Bertz CT molecular complexity index is 711. The molecule has 0 aliphatic heterocycles. The third kappa shape index (κ3) is 2.41. The second-order valence-electron chi connectivity index (χ2n) is 4.51. The second-order valence-corrected chi connectivity index (χ2v) is 5.36. The molecule has 0 bridgehead atoms. The molecule has 4 nitrogen and oxygen atoms in total. The summed E-state index contributed by atoms with van der Waals surface area (Å²) in [5, 5.41) is 9.00. The van der Waals surface area contributed by atoms with Gasteiger partial charge in [0.25, 0.3) is 0 Å². The highest BCUT2D eigenvalue weighted by molar-refractivity contribution is 9.10. The van der Waals surface area contributed by atoms with E-state index in [0.717, 1.165) is 32.5 Å². The van der Waals surface area contributed by atoms with Crippen molar-refractivity contribution in [3.8, 4) is 11.4 Å². The third-order valence-electron chi connectivity index (χ3n) is 3.04. The Kier molecular flexibility index (Phi) is 3.44. The van der Waals surface area contributed by atoms with Crippen molar-refractivity contribution in [1.82, 2.24) is 15.0 Å². The summed E-state index contributed by atoms with van der Waals surface area (Å²) in [7, 11) is 0. The first-order valence-electron chi connectivity index (χ1n) is 6.44. The minimum atomic E-state index is 0.663. The monoisotopic (exact) mass is 331 g/mol. The Morgan fingerprint density at radius 3 is 2.40 bits per heavy atom. The maximum atomic E-state index is 5.43. The molecule has 0 radical (unpaired) electrons. The first-order chi connectivity index (χ1) is 9.67. The number of fused-ring (bicyclic) bond motifs is 1. The predicted molar refractivity (Wildman–Crippen MR) is 82.5 cm³/mol. The zero-order valence-electron chi connectivity index (χ0n) is 11.3. The van der Waals surface area contributed by atoms with Crippen molar-refractivity contribution >= 4 is 27.0 Å². The second kappa shape index (κ2) is 5.25. The number of hydrogen-bond acceptors (Lipinski definition) is 3. The SMILES string of the molecule is CCOc1ccc(-n2nc3cc(C)c(Br)cc3n2)cc1. The molecular formula is C15H14BrN3O. The molecule has 5 heteroatoms. The molecule has 0 aliphatic rings. The minimum absolute atomic E-state index is 0.663. The van der Waals surface area contributed by atoms with E-state index in [4.69, 9.17) is 4.74 Å². The quantitative estimate of drug-likeness (QED) is 0.730. The third-order valence-corrected chi connectivity index (χ3v) is 3.89. The number of benzene rings is 2. The number of hydrogen-bond donors (Lipinski definition) is 0. The highest BCUT2D eigenvalue weighted by Crippen LogP contribution is 2.22. The fraction of sp³-hybridized carbons (Fsp3) is 0.200. The van der Waals surface area contributed by atoms with Gasteiger partial charge in [0, 0.05) is 4.47 Å². The lowest BCUT2D eigenvalue weighted by Crippen LogP contribution is -1.98. The molecule has 0 fully saturated rings. The van der Waals surface area contributed by atoms with Gasteiger partial charge in [0.1, 0.15) is 16.8 Å². The van der Waals surface area contributed by atoms with Gasteiger partial charge >= 0.3 is 0 Å². The summed E-state index contributed by atoms with van der Waals surface area (Å²) in [4.78, 5) is 1.65. The number of aryl methyl sites for hydroxylation is 1. The molecule has 0 saturated heterocycles. The van der Waals surface area contributed by atoms with Crippen molar-refractivity contribution in [2.45, 2.75) is 13.8 Å². The highest BCUT2D eigenvalue weighted by Gasteiger charge is 2.07. The van der Waals surface area contributed by atoms with Crippen LogP contribution in [0, 0.1) is 6.92 Å². The summed E-state index contributed by atoms with van der Waals surface area (Å²) in [5.74, 6) is 0.853. The molecule has 0 saturated carbocycles. The van der Waals surface area contributed by atoms with Crippen LogP contribution in [0.5, 0.6) is 5.75 Å². The molecule has 0 spiro atoms. The fourth-order valence-corrected chi connectivity index (χ4v) is 2.33. The van der Waals surface area contributed by atoms with Crippen LogP contribution in [0.15, 0.2) is 40.9 Å². The van der Waals surface area contributed by atoms with Crippen molar-refractivity contribution in [2.24, 2.45) is 0 Å². The maximum Gasteiger partial charge on any atom is 0.119 e. The number of ether oxygens (including phenoxy) is 1. The van der Waals surface area contributed by atoms with Crippen LogP contribution in [0.1, 0.15) is 12.5 Å². The lowest BCUT2D eigenvalue weighted by molar-refractivity contribution is 0.340. The van der Waals surface area contributed by atoms with E-state index < -0.39 is 0 Å². The Hall–Kier alpha value is -1.88. The highest BCUT2D eigenvalue weighted by atomic mass is 79.9. The molecule has 1 aromatic heterocycles. The lowest BCUT2D eigenvalue weighted by atomic mass is 10.2. The number of aromatic nitrogens is 3. The predicted octanol–water partition coefficient (Wildman–Crippen LogP) is 3.89. The van der Waals surface area contributed by atoms with Crippen LogP contribution in [0.25, 0.3) is 16.7 Å². The zero-order chi connectivity index (χ0) is 14.1. The van der Waals surface area contributed by atoms with Gasteiger partial charge in [-0.05, 0) is 55.8 Å². The summed E-state index contributed by atoms with van der Waals surface area (Å²) in [6, 6.07) is 11.8. The van der Waals surface area contributed by atoms with Gasteiger partial charge in [0.15, 0.2) is 0 Å². The molecule has 0 amide bonds. The maximum absolute atomic E-state index is 5.43. The molecule has 0 N–H and O–H groups in total. The van der Waals surface area contributed by atoms with Crippen molar-refractivity contribution in [1.29, 1.82) is 0 Å². The van der Waals surface area contributed by atoms with Crippen LogP contribution < -0.4 is 4.74 Å². The van der Waals surface area contributed by atoms with Crippen molar-refractivity contribution in [2.75, 3.05) is 6.61 Å². The van der Waals surface area contributed by atoms with Crippen LogP contribution in [-0.2, 0) is 0 Å². The molecule has 3 aromatic rings. The molecule has 102 valence electrons. The molecule has 3 rings (SSSR count). The van der Waals surface area contributed by atoms with Crippen molar-refractivity contribution in [3.63, 3.8) is 0 Å². The summed E-state index contributed by atoms with van der Waals surface area (Å²) in [5.41, 5.74) is 3.82. The van der Waals surface area contributed by atoms with Crippen LogP contribution in [0.4, 0.5) is 0 Å². The van der Waals surface area contributed by atoms with E-state index in [1.54, 1.807) is 4.80 Å². The van der Waals surface area contributed by atoms with E-state index in [1.165, 1.54) is 0 Å². The molecule has 20 heavy (non-hydrogen) atoms. The van der Waals surface area contributed by atoms with Crippen LogP contribution in [-0.4, -0.2) is 21.6 Å². The molecular weight excluding hydrogens is 318 g/mol. The standard InChI is InChI=1S/C15H14BrN3O/c1-3-20-12-6-4-11(5-7-12)19-17-14-8-10(2)13(16)9-15(14)18-19/h4-9H,3H2,1-2H3. The van der Waals surface area contributed by atoms with Gasteiger partial charge in [-0.2, -0.15) is 4.80 Å². The van der Waals surface area contributed by atoms with Gasteiger partial charge in [-0.25, -0.2) is 0 Å². The normalized spacial score (nSPS) is 10.9. The smallest absolute Gasteiger partial charge is 0.119 e. The Morgan fingerprint density at radius 2 is 1.75 bits per heavy atom. The van der Waals surface area contributed by atoms with Gasteiger partial charge in [0.2, 0.25) is 0 Å². The lowest BCUT2D eigenvalue weighted by Gasteiger charge is -2.03. The Balaban J connectivity index is 2.01. The summed E-state index contributed by atoms with van der Waals surface area (Å²) in [6.07, 6.45) is 0. The minimum Gasteiger partial charge on any atom is -0.494 e. The topological polar surface area (TPSA) is 39.9 Å². The summed E-state index contributed by atoms with van der Waals surface area (Å²) < 4.78 is 6.48. The van der Waals surface area contributed by atoms with Crippen molar-refractivity contribution in [3.05, 3.63) is 46.4 Å². The Morgan fingerprint density at radius 1 is 1.10 bits per heavy atom. The first kappa shape index (κ1) is 13.1. The molecule has 0 aliphatic carbocycles. The number of halogens is 1. The first-order valence-corrected chi connectivity index (χ1v) is 7.23. The van der Waals surface area contributed by atoms with Gasteiger partial charge in [-0.3, -0.25) is 0 Å². The van der Waals surface area contributed by atoms with Crippen LogP contribution in [0.3, 0.4) is 0 Å². The average Bonchev–Trinajstić information content (AvgIpc) is 2.83. The van der Waals surface area contributed by atoms with Crippen molar-refractivity contribution < 1.29 is 4.74 Å². The van der Waals surface area contributed by atoms with E-state index in [-0.39, 0.29) is 0 Å². The van der Waals surface area contributed by atoms with E-state index in [0.29, 0.717) is 6.61 Å². The van der Waals surface area contributed by atoms with Gasteiger partial charge in [-0.15, -0.1) is 10.2 Å². The van der Waals surface area contributed by atoms with E-state index in [9.17, 15) is 0 Å². The number of rotatable bonds is 3.